The quantitative estimate of drug-likeness (QED) is 0.440. The van der Waals surface area contributed by atoms with Crippen LogP contribution in [0.2, 0.25) is 0 Å². The average Bonchev–Trinajstić information content (AvgIpc) is 2.26. The Morgan fingerprint density at radius 2 is 1.81 bits per heavy atom. The van der Waals surface area contributed by atoms with Crippen molar-refractivity contribution in [3.63, 3.8) is 0 Å². The van der Waals surface area contributed by atoms with Gasteiger partial charge >= 0.3 is 5.97 Å². The van der Waals surface area contributed by atoms with E-state index in [0.29, 0.717) is 11.1 Å². The Balaban J connectivity index is 3.13. The molecule has 1 rings (SSSR count). The Labute approximate surface area is 93.2 Å². The first-order chi connectivity index (χ1) is 7.47. The molecule has 1 aromatic rings. The topological polar surface area (TPSA) is 60.4 Å². The van der Waals surface area contributed by atoms with Crippen LogP contribution in [0.1, 0.15) is 33.2 Å². The highest BCUT2D eigenvalue weighted by molar-refractivity contribution is 6.41. The summed E-state index contributed by atoms with van der Waals surface area (Å²) in [6.45, 7) is 3.11. The SMILES string of the molecule is COC(=O)C(=O)c1ccc(C(C)=O)cc1C. The van der Waals surface area contributed by atoms with E-state index in [4.69, 9.17) is 0 Å². The van der Waals surface area contributed by atoms with Crippen LogP contribution in [0.4, 0.5) is 0 Å². The van der Waals surface area contributed by atoms with E-state index in [1.807, 2.05) is 0 Å². The van der Waals surface area contributed by atoms with Crippen molar-refractivity contribution in [2.45, 2.75) is 13.8 Å². The lowest BCUT2D eigenvalue weighted by atomic mass is 10.0. The van der Waals surface area contributed by atoms with E-state index in [2.05, 4.69) is 4.74 Å². The number of esters is 1. The third-order valence-electron chi connectivity index (χ3n) is 2.25. The van der Waals surface area contributed by atoms with Crippen molar-refractivity contribution >= 4 is 17.5 Å². The molecule has 0 aliphatic carbocycles. The minimum Gasteiger partial charge on any atom is -0.463 e. The van der Waals surface area contributed by atoms with Crippen molar-refractivity contribution in [1.29, 1.82) is 0 Å². The maximum atomic E-state index is 11.5. The minimum atomic E-state index is -0.904. The summed E-state index contributed by atoms with van der Waals surface area (Å²) in [7, 11) is 1.15. The number of hydrogen-bond donors (Lipinski definition) is 0. The van der Waals surface area contributed by atoms with Crippen LogP contribution in [0.15, 0.2) is 18.2 Å². The molecule has 16 heavy (non-hydrogen) atoms. The van der Waals surface area contributed by atoms with Crippen LogP contribution in [-0.2, 0) is 9.53 Å². The zero-order valence-corrected chi connectivity index (χ0v) is 9.37. The van der Waals surface area contributed by atoms with Gasteiger partial charge in [-0.15, -0.1) is 0 Å². The van der Waals surface area contributed by atoms with E-state index in [1.165, 1.54) is 19.1 Å². The predicted molar refractivity (Wildman–Crippen MR) is 57.5 cm³/mol. The second-order valence-electron chi connectivity index (χ2n) is 3.41. The molecule has 0 aromatic heterocycles. The highest BCUT2D eigenvalue weighted by atomic mass is 16.5. The fourth-order valence-corrected chi connectivity index (χ4v) is 1.34. The summed E-state index contributed by atoms with van der Waals surface area (Å²) in [5.41, 5.74) is 1.36. The van der Waals surface area contributed by atoms with Crippen LogP contribution >= 0.6 is 0 Å². The molecule has 0 amide bonds. The van der Waals surface area contributed by atoms with Crippen LogP contribution in [0.25, 0.3) is 0 Å². The van der Waals surface area contributed by atoms with Gasteiger partial charge in [-0.05, 0) is 31.5 Å². The Hall–Kier alpha value is -1.97. The lowest BCUT2D eigenvalue weighted by Crippen LogP contribution is -2.17. The first kappa shape index (κ1) is 12.1. The monoisotopic (exact) mass is 220 g/mol. The predicted octanol–water partition coefficient (Wildman–Crippen LogP) is 1.55. The number of ketones is 2. The summed E-state index contributed by atoms with van der Waals surface area (Å²) in [4.78, 5) is 33.7. The van der Waals surface area contributed by atoms with E-state index in [9.17, 15) is 14.4 Å². The maximum Gasteiger partial charge on any atom is 0.379 e. The molecule has 4 heteroatoms. The van der Waals surface area contributed by atoms with E-state index < -0.39 is 11.8 Å². The number of carbonyl (C=O) groups is 3. The van der Waals surface area contributed by atoms with Gasteiger partial charge in [0.05, 0.1) is 7.11 Å². The molecule has 0 aliphatic rings. The number of hydrogen-bond acceptors (Lipinski definition) is 4. The lowest BCUT2D eigenvalue weighted by Gasteiger charge is -2.04. The van der Waals surface area contributed by atoms with Crippen LogP contribution < -0.4 is 0 Å². The van der Waals surface area contributed by atoms with Crippen LogP contribution in [0.5, 0.6) is 0 Å². The van der Waals surface area contributed by atoms with Crippen molar-refractivity contribution in [2.75, 3.05) is 7.11 Å². The van der Waals surface area contributed by atoms with Gasteiger partial charge in [0.15, 0.2) is 5.78 Å². The van der Waals surface area contributed by atoms with Gasteiger partial charge in [0.25, 0.3) is 5.78 Å². The molecule has 0 fully saturated rings. The molecule has 0 heterocycles. The van der Waals surface area contributed by atoms with Crippen molar-refractivity contribution in [3.05, 3.63) is 34.9 Å². The van der Waals surface area contributed by atoms with Gasteiger partial charge in [-0.25, -0.2) is 4.79 Å². The van der Waals surface area contributed by atoms with E-state index in [0.717, 1.165) is 7.11 Å². The number of benzene rings is 1. The number of ether oxygens (including phenoxy) is 1. The van der Waals surface area contributed by atoms with Gasteiger partial charge in [-0.2, -0.15) is 0 Å². The Bertz CT molecular complexity index is 460. The molecule has 0 radical (unpaired) electrons. The molecule has 84 valence electrons. The highest BCUT2D eigenvalue weighted by Crippen LogP contribution is 2.13. The van der Waals surface area contributed by atoms with Crippen LogP contribution in [0, 0.1) is 6.92 Å². The van der Waals surface area contributed by atoms with E-state index in [1.54, 1.807) is 13.0 Å². The smallest absolute Gasteiger partial charge is 0.379 e. The van der Waals surface area contributed by atoms with Crippen molar-refractivity contribution in [1.82, 2.24) is 0 Å². The highest BCUT2D eigenvalue weighted by Gasteiger charge is 2.18. The van der Waals surface area contributed by atoms with Gasteiger partial charge in [0.2, 0.25) is 0 Å². The molecule has 0 spiro atoms. The zero-order valence-electron chi connectivity index (χ0n) is 9.37. The number of rotatable bonds is 3. The van der Waals surface area contributed by atoms with E-state index >= 15 is 0 Å². The largest absolute Gasteiger partial charge is 0.463 e. The van der Waals surface area contributed by atoms with Gasteiger partial charge in [0, 0.05) is 11.1 Å². The standard InChI is InChI=1S/C12H12O4/c1-7-6-9(8(2)13)4-5-10(7)11(14)12(15)16-3/h4-6H,1-3H3. The summed E-state index contributed by atoms with van der Waals surface area (Å²) in [6, 6.07) is 4.56. The van der Waals surface area contributed by atoms with Gasteiger partial charge < -0.3 is 4.74 Å². The summed E-state index contributed by atoms with van der Waals surface area (Å²) >= 11 is 0. The first-order valence-electron chi connectivity index (χ1n) is 4.71. The van der Waals surface area contributed by atoms with E-state index in [-0.39, 0.29) is 11.3 Å². The second-order valence-corrected chi connectivity index (χ2v) is 3.41. The molecule has 4 nitrogen and oxygen atoms in total. The van der Waals surface area contributed by atoms with Gasteiger partial charge in [-0.1, -0.05) is 6.07 Å². The molecular formula is C12H12O4. The Morgan fingerprint density at radius 3 is 2.25 bits per heavy atom. The number of Topliss-reactive ketones (excluding diaryl/α,β-unsaturated/α-hetero) is 2. The summed E-state index contributed by atoms with van der Waals surface area (Å²) in [5.74, 6) is -1.69. The average molecular weight is 220 g/mol. The molecule has 0 bridgehead atoms. The zero-order chi connectivity index (χ0) is 12.3. The summed E-state index contributed by atoms with van der Waals surface area (Å²) in [6.07, 6.45) is 0. The molecule has 1 aromatic carbocycles. The molecule has 0 saturated heterocycles. The molecule has 0 saturated carbocycles. The molecule has 0 aliphatic heterocycles. The van der Waals surface area contributed by atoms with Crippen LogP contribution in [0.3, 0.4) is 0 Å². The lowest BCUT2D eigenvalue weighted by molar-refractivity contribution is -0.135. The summed E-state index contributed by atoms with van der Waals surface area (Å²) < 4.78 is 4.34. The first-order valence-corrected chi connectivity index (χ1v) is 4.71. The fraction of sp³-hybridized carbons (Fsp3) is 0.250. The van der Waals surface area contributed by atoms with Crippen molar-refractivity contribution in [3.8, 4) is 0 Å². The number of methoxy groups -OCH3 is 1. The molecule has 0 atom stereocenters. The van der Waals surface area contributed by atoms with Gasteiger partial charge in [0.1, 0.15) is 0 Å². The molecular weight excluding hydrogens is 208 g/mol. The van der Waals surface area contributed by atoms with Crippen LogP contribution in [-0.4, -0.2) is 24.6 Å². The molecule has 0 N–H and O–H groups in total. The maximum absolute atomic E-state index is 11.5. The Kier molecular flexibility index (Phi) is 3.55. The minimum absolute atomic E-state index is 0.0832. The molecule has 0 unspecified atom stereocenters. The third kappa shape index (κ3) is 2.34. The van der Waals surface area contributed by atoms with Crippen molar-refractivity contribution < 1.29 is 19.1 Å². The van der Waals surface area contributed by atoms with Gasteiger partial charge in [-0.3, -0.25) is 9.59 Å². The normalized spacial score (nSPS) is 9.69. The Morgan fingerprint density at radius 1 is 1.19 bits per heavy atom. The second kappa shape index (κ2) is 4.70. The fourth-order valence-electron chi connectivity index (χ4n) is 1.34. The number of carbonyl (C=O) groups excluding carboxylic acids is 3. The summed E-state index contributed by atoms with van der Waals surface area (Å²) in [5, 5.41) is 0. The van der Waals surface area contributed by atoms with Crippen molar-refractivity contribution in [2.24, 2.45) is 0 Å². The number of aryl methyl sites for hydroxylation is 1. The third-order valence-corrected chi connectivity index (χ3v) is 2.25.